The summed E-state index contributed by atoms with van der Waals surface area (Å²) in [5.41, 5.74) is 2.70. The largest absolute Gasteiger partial charge is 0.352 e. The number of aryl methyl sites for hydroxylation is 1. The Morgan fingerprint density at radius 1 is 0.844 bits per heavy atom. The van der Waals surface area contributed by atoms with Crippen LogP contribution in [-0.4, -0.2) is 43.8 Å². The molecule has 0 radical (unpaired) electrons. The molecule has 0 bridgehead atoms. The highest BCUT2D eigenvalue weighted by atomic mass is 35.5. The number of sulfonamides is 1. The summed E-state index contributed by atoms with van der Waals surface area (Å²) in [6, 6.07) is 28.3. The zero-order chi connectivity index (χ0) is 32.6. The summed E-state index contributed by atoms with van der Waals surface area (Å²) >= 11 is 12.8. The van der Waals surface area contributed by atoms with Gasteiger partial charge in [0.1, 0.15) is 12.6 Å². The van der Waals surface area contributed by atoms with Crippen molar-refractivity contribution in [3.8, 4) is 0 Å². The van der Waals surface area contributed by atoms with Crippen molar-refractivity contribution in [3.63, 3.8) is 0 Å². The van der Waals surface area contributed by atoms with Crippen LogP contribution in [0.3, 0.4) is 0 Å². The first-order chi connectivity index (χ1) is 21.5. The van der Waals surface area contributed by atoms with Gasteiger partial charge in [0.05, 0.1) is 15.6 Å². The molecule has 45 heavy (non-hydrogen) atoms. The van der Waals surface area contributed by atoms with E-state index in [0.717, 1.165) is 21.0 Å². The highest BCUT2D eigenvalue weighted by molar-refractivity contribution is 7.92. The third-order valence-corrected chi connectivity index (χ3v) is 9.82. The van der Waals surface area contributed by atoms with E-state index < -0.39 is 28.5 Å². The molecule has 236 valence electrons. The van der Waals surface area contributed by atoms with Crippen molar-refractivity contribution in [2.45, 2.75) is 57.1 Å². The second kappa shape index (κ2) is 15.4. The Morgan fingerprint density at radius 2 is 1.49 bits per heavy atom. The number of benzene rings is 4. The number of rotatable bonds is 13. The number of anilines is 1. The molecule has 0 unspecified atom stereocenters. The fourth-order valence-corrected chi connectivity index (χ4v) is 6.79. The van der Waals surface area contributed by atoms with Gasteiger partial charge in [-0.2, -0.15) is 0 Å². The van der Waals surface area contributed by atoms with Gasteiger partial charge >= 0.3 is 0 Å². The topological polar surface area (TPSA) is 86.8 Å². The van der Waals surface area contributed by atoms with E-state index >= 15 is 0 Å². The molecule has 2 amide bonds. The number of halogens is 2. The van der Waals surface area contributed by atoms with Crippen LogP contribution in [0, 0.1) is 6.92 Å². The van der Waals surface area contributed by atoms with E-state index in [0.29, 0.717) is 6.42 Å². The standard InChI is InChI=1S/C35H37Cl2N3O4S/c1-4-26(3)38-35(42)33(21-27-13-7-5-8-14-27)39(23-28-15-11-12-25(2)20-28)34(41)24-40(32-22-29(36)18-19-31(32)37)45(43,44)30-16-9-6-10-17-30/h5-20,22,26,33H,4,21,23-24H2,1-3H3,(H,38,42)/t26-,33-/m0/s1. The number of amides is 2. The summed E-state index contributed by atoms with van der Waals surface area (Å²) in [7, 11) is -4.29. The minimum atomic E-state index is -4.29. The van der Waals surface area contributed by atoms with E-state index in [1.807, 2.05) is 75.4 Å². The zero-order valence-corrected chi connectivity index (χ0v) is 27.8. The van der Waals surface area contributed by atoms with Crippen molar-refractivity contribution in [2.24, 2.45) is 0 Å². The molecule has 0 spiro atoms. The second-order valence-electron chi connectivity index (χ2n) is 11.0. The normalized spacial score (nSPS) is 12.6. The maximum absolute atomic E-state index is 14.5. The van der Waals surface area contributed by atoms with Gasteiger partial charge in [-0.05, 0) is 61.7 Å². The maximum Gasteiger partial charge on any atom is 0.264 e. The molecule has 0 aliphatic heterocycles. The lowest BCUT2D eigenvalue weighted by atomic mass is 10.0. The molecule has 0 saturated carbocycles. The predicted octanol–water partition coefficient (Wildman–Crippen LogP) is 7.05. The number of carbonyl (C=O) groups is 2. The van der Waals surface area contributed by atoms with Gasteiger partial charge in [0.2, 0.25) is 11.8 Å². The average molecular weight is 667 g/mol. The molecular formula is C35H37Cl2N3O4S. The van der Waals surface area contributed by atoms with Gasteiger partial charge in [-0.1, -0.05) is 108 Å². The van der Waals surface area contributed by atoms with Crippen molar-refractivity contribution in [3.05, 3.63) is 130 Å². The Morgan fingerprint density at radius 3 is 2.13 bits per heavy atom. The van der Waals surface area contributed by atoms with Gasteiger partial charge in [0, 0.05) is 24.0 Å². The quantitative estimate of drug-likeness (QED) is 0.166. The summed E-state index contributed by atoms with van der Waals surface area (Å²) in [6.07, 6.45) is 0.927. The van der Waals surface area contributed by atoms with Crippen LogP contribution in [0.25, 0.3) is 0 Å². The van der Waals surface area contributed by atoms with Crippen LogP contribution in [0.5, 0.6) is 0 Å². The summed E-state index contributed by atoms with van der Waals surface area (Å²) in [6.45, 7) is 5.27. The Labute approximate surface area is 275 Å². The highest BCUT2D eigenvalue weighted by Gasteiger charge is 2.35. The van der Waals surface area contributed by atoms with Crippen molar-refractivity contribution in [2.75, 3.05) is 10.8 Å². The van der Waals surface area contributed by atoms with E-state index in [2.05, 4.69) is 5.32 Å². The SMILES string of the molecule is CC[C@H](C)NC(=O)[C@H](Cc1ccccc1)N(Cc1cccc(C)c1)C(=O)CN(c1cc(Cl)ccc1Cl)S(=O)(=O)c1ccccc1. The van der Waals surface area contributed by atoms with Crippen molar-refractivity contribution >= 4 is 50.7 Å². The molecule has 1 N–H and O–H groups in total. The van der Waals surface area contributed by atoms with E-state index in [-0.39, 0.29) is 45.5 Å². The van der Waals surface area contributed by atoms with Crippen LogP contribution >= 0.6 is 23.2 Å². The van der Waals surface area contributed by atoms with Crippen LogP contribution in [0.2, 0.25) is 10.0 Å². The molecule has 0 saturated heterocycles. The van der Waals surface area contributed by atoms with E-state index in [4.69, 9.17) is 23.2 Å². The first-order valence-corrected chi connectivity index (χ1v) is 16.9. The Kier molecular flexibility index (Phi) is 11.7. The molecule has 2 atom stereocenters. The van der Waals surface area contributed by atoms with Crippen molar-refractivity contribution in [1.82, 2.24) is 10.2 Å². The number of carbonyl (C=O) groups excluding carboxylic acids is 2. The lowest BCUT2D eigenvalue weighted by molar-refractivity contribution is -0.140. The molecule has 10 heteroatoms. The molecule has 4 rings (SSSR count). The lowest BCUT2D eigenvalue weighted by Gasteiger charge is -2.34. The molecule has 0 fully saturated rings. The minimum Gasteiger partial charge on any atom is -0.352 e. The Bertz CT molecular complexity index is 1720. The van der Waals surface area contributed by atoms with Gasteiger partial charge in [-0.25, -0.2) is 8.42 Å². The zero-order valence-electron chi connectivity index (χ0n) is 25.5. The number of nitrogens with one attached hydrogen (secondary N) is 1. The highest BCUT2D eigenvalue weighted by Crippen LogP contribution is 2.33. The summed E-state index contributed by atoms with van der Waals surface area (Å²) in [4.78, 5) is 29.9. The lowest BCUT2D eigenvalue weighted by Crippen LogP contribution is -2.54. The number of nitrogens with zero attached hydrogens (tertiary/aromatic N) is 2. The molecule has 4 aromatic carbocycles. The first kappa shape index (κ1) is 34.0. The summed E-state index contributed by atoms with van der Waals surface area (Å²) in [5.74, 6) is -0.903. The van der Waals surface area contributed by atoms with Crippen LogP contribution in [0.1, 0.15) is 37.0 Å². The van der Waals surface area contributed by atoms with E-state index in [9.17, 15) is 18.0 Å². The Balaban J connectivity index is 1.83. The fourth-order valence-electron chi connectivity index (χ4n) is 4.91. The van der Waals surface area contributed by atoms with Crippen LogP contribution in [0.4, 0.5) is 5.69 Å². The monoisotopic (exact) mass is 665 g/mol. The average Bonchev–Trinajstić information content (AvgIpc) is 3.03. The van der Waals surface area contributed by atoms with E-state index in [1.54, 1.807) is 24.3 Å². The first-order valence-electron chi connectivity index (χ1n) is 14.7. The molecule has 0 heterocycles. The summed E-state index contributed by atoms with van der Waals surface area (Å²) in [5, 5.41) is 3.39. The molecule has 7 nitrogen and oxygen atoms in total. The third-order valence-electron chi connectivity index (χ3n) is 7.49. The van der Waals surface area contributed by atoms with E-state index in [1.165, 1.54) is 29.2 Å². The Hall–Kier alpha value is -3.85. The molecule has 0 aliphatic carbocycles. The maximum atomic E-state index is 14.5. The van der Waals surface area contributed by atoms with Gasteiger partial charge in [0.25, 0.3) is 10.0 Å². The second-order valence-corrected chi connectivity index (χ2v) is 13.7. The van der Waals surface area contributed by atoms with Gasteiger partial charge in [-0.15, -0.1) is 0 Å². The molecule has 4 aromatic rings. The third kappa shape index (κ3) is 8.87. The molecular weight excluding hydrogens is 629 g/mol. The number of hydrogen-bond acceptors (Lipinski definition) is 4. The summed E-state index contributed by atoms with van der Waals surface area (Å²) < 4.78 is 29.2. The van der Waals surface area contributed by atoms with Crippen molar-refractivity contribution < 1.29 is 18.0 Å². The van der Waals surface area contributed by atoms with Crippen LogP contribution in [-0.2, 0) is 32.6 Å². The van der Waals surface area contributed by atoms with Crippen LogP contribution in [0.15, 0.2) is 108 Å². The molecule has 0 aromatic heterocycles. The smallest absolute Gasteiger partial charge is 0.264 e. The van der Waals surface area contributed by atoms with Gasteiger partial charge in [0.15, 0.2) is 0 Å². The van der Waals surface area contributed by atoms with Crippen LogP contribution < -0.4 is 9.62 Å². The number of hydrogen-bond donors (Lipinski definition) is 1. The predicted molar refractivity (Wildman–Crippen MR) is 181 cm³/mol. The van der Waals surface area contributed by atoms with Gasteiger partial charge in [-0.3, -0.25) is 13.9 Å². The van der Waals surface area contributed by atoms with Crippen molar-refractivity contribution in [1.29, 1.82) is 0 Å². The van der Waals surface area contributed by atoms with Gasteiger partial charge < -0.3 is 10.2 Å². The molecule has 0 aliphatic rings. The fraction of sp³-hybridized carbons (Fsp3) is 0.257. The minimum absolute atomic E-state index is 0.0191.